The highest BCUT2D eigenvalue weighted by molar-refractivity contribution is 7.14. The van der Waals surface area contributed by atoms with Gasteiger partial charge in [0.05, 0.1) is 13.2 Å². The summed E-state index contributed by atoms with van der Waals surface area (Å²) < 4.78 is 6.37. The number of ether oxygens (including phenoxy) is 1. The van der Waals surface area contributed by atoms with Crippen molar-refractivity contribution in [2.75, 3.05) is 30.9 Å². The third-order valence-electron chi connectivity index (χ3n) is 4.92. The fourth-order valence-electron chi connectivity index (χ4n) is 3.29. The van der Waals surface area contributed by atoms with Crippen LogP contribution in [0.1, 0.15) is 16.1 Å². The molecule has 4 rings (SSSR count). The number of nitrogens with one attached hydrogen (secondary N) is 1. The van der Waals surface area contributed by atoms with E-state index in [9.17, 15) is 14.4 Å². The number of rotatable bonds is 8. The van der Waals surface area contributed by atoms with Crippen molar-refractivity contribution in [1.82, 2.24) is 14.5 Å². The maximum Gasteiger partial charge on any atom is 0.330 e. The smallest absolute Gasteiger partial charge is 0.330 e. The fraction of sp³-hybridized carbons (Fsp3) is 0.182. The van der Waals surface area contributed by atoms with E-state index in [4.69, 9.17) is 10.5 Å². The quantitative estimate of drug-likeness (QED) is 0.397. The highest BCUT2D eigenvalue weighted by atomic mass is 32.1. The van der Waals surface area contributed by atoms with Gasteiger partial charge in [0.15, 0.2) is 5.69 Å². The topological polar surface area (TPSA) is 123 Å². The van der Waals surface area contributed by atoms with E-state index in [2.05, 4.69) is 9.97 Å². The maximum absolute atomic E-state index is 13.4. The third-order valence-corrected chi connectivity index (χ3v) is 6.50. The molecule has 0 unspecified atom stereocenters. The number of nitrogen functional groups attached to an aromatic ring is 1. The highest BCUT2D eigenvalue weighted by Crippen LogP contribution is 2.27. The molecule has 0 aliphatic carbocycles. The van der Waals surface area contributed by atoms with Crippen LogP contribution in [0, 0.1) is 0 Å². The van der Waals surface area contributed by atoms with E-state index in [-0.39, 0.29) is 36.9 Å². The molecule has 3 N–H and O–H groups in total. The molecule has 9 nitrogen and oxygen atoms in total. The van der Waals surface area contributed by atoms with E-state index in [1.165, 1.54) is 39.3 Å². The van der Waals surface area contributed by atoms with E-state index in [1.54, 1.807) is 5.38 Å². The predicted octanol–water partition coefficient (Wildman–Crippen LogP) is 2.65. The molecule has 1 amide bonds. The molecule has 0 saturated heterocycles. The number of aromatic nitrogens is 3. The van der Waals surface area contributed by atoms with Crippen LogP contribution in [0.3, 0.4) is 0 Å². The lowest BCUT2D eigenvalue weighted by atomic mass is 10.2. The first-order valence-electron chi connectivity index (χ1n) is 9.95. The standard InChI is InChI=1S/C22H21N5O4S2/c1-31-9-8-26(21(29)16-13-33-20(24-16)15-7-10-32-12-15)17-18(23)27(22(30)25-19(17)28)11-14-5-3-2-4-6-14/h2-7,10,12-13H,8-9,11,23H2,1H3,(H,25,28,30). The third kappa shape index (κ3) is 4.80. The molecular formula is C22H21N5O4S2. The molecule has 11 heteroatoms. The molecule has 0 atom stereocenters. The minimum absolute atomic E-state index is 0.0530. The molecule has 0 saturated carbocycles. The Morgan fingerprint density at radius 2 is 2.00 bits per heavy atom. The molecule has 3 heterocycles. The van der Waals surface area contributed by atoms with Gasteiger partial charge in [-0.25, -0.2) is 9.78 Å². The Balaban J connectivity index is 1.75. The Morgan fingerprint density at radius 3 is 2.70 bits per heavy atom. The number of carbonyl (C=O) groups is 1. The van der Waals surface area contributed by atoms with Gasteiger partial charge in [0.25, 0.3) is 11.5 Å². The zero-order valence-corrected chi connectivity index (χ0v) is 19.3. The van der Waals surface area contributed by atoms with Crippen molar-refractivity contribution < 1.29 is 9.53 Å². The minimum Gasteiger partial charge on any atom is -0.383 e. The minimum atomic E-state index is -0.750. The zero-order valence-electron chi connectivity index (χ0n) is 17.7. The van der Waals surface area contributed by atoms with E-state index < -0.39 is 17.2 Å². The number of amides is 1. The summed E-state index contributed by atoms with van der Waals surface area (Å²) in [6.07, 6.45) is 0. The van der Waals surface area contributed by atoms with Crippen molar-refractivity contribution in [3.8, 4) is 10.6 Å². The van der Waals surface area contributed by atoms with Crippen molar-refractivity contribution in [3.05, 3.63) is 84.6 Å². The molecule has 1 aromatic carbocycles. The molecule has 0 aliphatic heterocycles. The first-order chi connectivity index (χ1) is 16.0. The van der Waals surface area contributed by atoms with Gasteiger partial charge >= 0.3 is 5.69 Å². The molecule has 3 aromatic heterocycles. The average molecular weight is 484 g/mol. The Labute approximate surface area is 196 Å². The van der Waals surface area contributed by atoms with Gasteiger partial charge in [-0.1, -0.05) is 30.3 Å². The lowest BCUT2D eigenvalue weighted by Crippen LogP contribution is -2.42. The molecule has 170 valence electrons. The van der Waals surface area contributed by atoms with Gasteiger partial charge in [-0.3, -0.25) is 24.0 Å². The number of nitrogens with two attached hydrogens (primary N) is 1. The normalized spacial score (nSPS) is 10.9. The van der Waals surface area contributed by atoms with Crippen LogP contribution in [0.25, 0.3) is 10.6 Å². The molecule has 4 aromatic rings. The van der Waals surface area contributed by atoms with E-state index in [0.29, 0.717) is 5.01 Å². The number of nitrogens with zero attached hydrogens (tertiary/aromatic N) is 3. The van der Waals surface area contributed by atoms with Gasteiger partial charge in [0.1, 0.15) is 16.5 Å². The SMILES string of the molecule is COCCN(C(=O)c1csc(-c2ccsc2)n1)c1c(N)n(Cc2ccccc2)c(=O)[nH]c1=O. The number of methoxy groups -OCH3 is 1. The van der Waals surface area contributed by atoms with E-state index in [1.807, 2.05) is 47.2 Å². The number of hydrogen-bond acceptors (Lipinski definition) is 8. The number of thiazole rings is 1. The van der Waals surface area contributed by atoms with Gasteiger partial charge in [0.2, 0.25) is 0 Å². The van der Waals surface area contributed by atoms with Crippen LogP contribution >= 0.6 is 22.7 Å². The first kappa shape index (κ1) is 22.6. The number of anilines is 2. The van der Waals surface area contributed by atoms with Crippen LogP contribution in [-0.4, -0.2) is 40.7 Å². The summed E-state index contributed by atoms with van der Waals surface area (Å²) >= 11 is 2.87. The number of H-pyrrole nitrogens is 1. The number of aromatic amines is 1. The van der Waals surface area contributed by atoms with Gasteiger partial charge in [-0.15, -0.1) is 11.3 Å². The summed E-state index contributed by atoms with van der Waals surface area (Å²) in [5.74, 6) is -0.614. The van der Waals surface area contributed by atoms with Crippen LogP contribution in [0.4, 0.5) is 11.5 Å². The molecule has 33 heavy (non-hydrogen) atoms. The molecule has 0 spiro atoms. The second-order valence-electron chi connectivity index (χ2n) is 7.06. The summed E-state index contributed by atoms with van der Waals surface area (Å²) in [5, 5.41) is 6.21. The van der Waals surface area contributed by atoms with Crippen LogP contribution in [0.2, 0.25) is 0 Å². The predicted molar refractivity (Wildman–Crippen MR) is 130 cm³/mol. The van der Waals surface area contributed by atoms with Gasteiger partial charge in [-0.05, 0) is 17.0 Å². The second-order valence-corrected chi connectivity index (χ2v) is 8.70. The Morgan fingerprint density at radius 1 is 1.21 bits per heavy atom. The Kier molecular flexibility index (Phi) is 6.82. The van der Waals surface area contributed by atoms with Crippen LogP contribution < -0.4 is 21.9 Å². The lowest BCUT2D eigenvalue weighted by Gasteiger charge is -2.23. The summed E-state index contributed by atoms with van der Waals surface area (Å²) in [4.78, 5) is 46.7. The number of carbonyl (C=O) groups excluding carboxylic acids is 1. The molecule has 0 aliphatic rings. The summed E-state index contributed by atoms with van der Waals surface area (Å²) in [5.41, 5.74) is 6.69. The van der Waals surface area contributed by atoms with Crippen LogP contribution in [0.15, 0.2) is 62.1 Å². The zero-order chi connectivity index (χ0) is 23.4. The van der Waals surface area contributed by atoms with Crippen LogP contribution in [0.5, 0.6) is 0 Å². The molecule has 0 radical (unpaired) electrons. The summed E-state index contributed by atoms with van der Waals surface area (Å²) in [7, 11) is 1.49. The first-order valence-corrected chi connectivity index (χ1v) is 11.8. The number of hydrogen-bond donors (Lipinski definition) is 2. The number of thiophene rings is 1. The summed E-state index contributed by atoms with van der Waals surface area (Å²) in [6, 6.07) is 11.1. The Hall–Kier alpha value is -3.54. The van der Waals surface area contributed by atoms with Gasteiger partial charge in [-0.2, -0.15) is 11.3 Å². The van der Waals surface area contributed by atoms with Crippen molar-refractivity contribution in [1.29, 1.82) is 0 Å². The monoisotopic (exact) mass is 483 g/mol. The van der Waals surface area contributed by atoms with Crippen molar-refractivity contribution in [2.24, 2.45) is 0 Å². The van der Waals surface area contributed by atoms with Crippen molar-refractivity contribution in [2.45, 2.75) is 6.54 Å². The number of benzene rings is 1. The fourth-order valence-corrected chi connectivity index (χ4v) is 4.79. The van der Waals surface area contributed by atoms with E-state index >= 15 is 0 Å². The molecule has 0 bridgehead atoms. The van der Waals surface area contributed by atoms with Crippen LogP contribution in [-0.2, 0) is 11.3 Å². The Bertz CT molecular complexity index is 1360. The molecular weight excluding hydrogens is 462 g/mol. The van der Waals surface area contributed by atoms with Gasteiger partial charge < -0.3 is 10.5 Å². The summed E-state index contributed by atoms with van der Waals surface area (Å²) in [6.45, 7) is 0.349. The maximum atomic E-state index is 13.4. The largest absolute Gasteiger partial charge is 0.383 e. The van der Waals surface area contributed by atoms with Crippen molar-refractivity contribution in [3.63, 3.8) is 0 Å². The second kappa shape index (κ2) is 9.94. The average Bonchev–Trinajstić information content (AvgIpc) is 3.51. The van der Waals surface area contributed by atoms with Crippen molar-refractivity contribution >= 4 is 40.1 Å². The van der Waals surface area contributed by atoms with Gasteiger partial charge in [0, 0.05) is 30.0 Å². The highest BCUT2D eigenvalue weighted by Gasteiger charge is 2.27. The van der Waals surface area contributed by atoms with E-state index in [0.717, 1.165) is 11.1 Å². The molecule has 0 fully saturated rings. The lowest BCUT2D eigenvalue weighted by molar-refractivity contribution is 0.0971.